The quantitative estimate of drug-likeness (QED) is 0.605. The average molecular weight is 480 g/mol. The number of nitrogens with zero attached hydrogens (tertiary/aromatic N) is 1. The van der Waals surface area contributed by atoms with Crippen LogP contribution in [0.3, 0.4) is 0 Å². The van der Waals surface area contributed by atoms with E-state index in [2.05, 4.69) is 10.0 Å². The molecular weight excluding hydrogens is 450 g/mol. The number of sulfonamides is 2. The topological polar surface area (TPSA) is 113 Å². The fraction of sp³-hybridized carbons (Fsp3) is 0.409. The van der Waals surface area contributed by atoms with Gasteiger partial charge in [0.1, 0.15) is 0 Å². The van der Waals surface area contributed by atoms with Gasteiger partial charge in [-0.05, 0) is 62.1 Å². The summed E-state index contributed by atoms with van der Waals surface area (Å²) < 4.78 is 54.1. The van der Waals surface area contributed by atoms with E-state index in [1.807, 2.05) is 13.8 Å². The molecule has 2 aromatic rings. The molecular formula is C22H29N3O5S2. The Balaban J connectivity index is 1.53. The van der Waals surface area contributed by atoms with Crippen molar-refractivity contribution in [3.63, 3.8) is 0 Å². The normalized spacial score (nSPS) is 17.8. The van der Waals surface area contributed by atoms with Crippen LogP contribution in [-0.2, 0) is 24.8 Å². The standard InChI is InChI=1S/C22H29N3O5S2/c1-17-5-9-20(10-6-17)31(27,28)23-14-13-22(26)24-19-7-11-21(12-8-19)32(29,30)25-15-3-4-18(2)16-25/h5-12,18,23H,3-4,13-16H2,1-2H3,(H,24,26). The molecule has 1 aliphatic rings. The predicted octanol–water partition coefficient (Wildman–Crippen LogP) is 2.72. The molecule has 10 heteroatoms. The second-order valence-electron chi connectivity index (χ2n) is 8.14. The van der Waals surface area contributed by atoms with Crippen molar-refractivity contribution in [1.29, 1.82) is 0 Å². The number of benzene rings is 2. The van der Waals surface area contributed by atoms with Gasteiger partial charge in [0, 0.05) is 31.7 Å². The number of rotatable bonds is 8. The molecule has 1 unspecified atom stereocenters. The van der Waals surface area contributed by atoms with E-state index in [0.717, 1.165) is 18.4 Å². The Morgan fingerprint density at radius 1 is 1.00 bits per heavy atom. The minimum atomic E-state index is -3.68. The first-order chi connectivity index (χ1) is 15.1. The van der Waals surface area contributed by atoms with Crippen LogP contribution in [0, 0.1) is 12.8 Å². The molecule has 0 spiro atoms. The molecule has 0 aromatic heterocycles. The van der Waals surface area contributed by atoms with E-state index in [1.165, 1.54) is 40.7 Å². The van der Waals surface area contributed by atoms with Crippen LogP contribution in [0.25, 0.3) is 0 Å². The summed E-state index contributed by atoms with van der Waals surface area (Å²) in [5.41, 5.74) is 1.40. The Kier molecular flexibility index (Phi) is 7.71. The van der Waals surface area contributed by atoms with Crippen molar-refractivity contribution in [2.45, 2.75) is 42.9 Å². The first-order valence-corrected chi connectivity index (χ1v) is 13.5. The molecule has 1 heterocycles. The van der Waals surface area contributed by atoms with E-state index >= 15 is 0 Å². The van der Waals surface area contributed by atoms with Crippen molar-refractivity contribution in [2.75, 3.05) is 25.0 Å². The number of amides is 1. The number of nitrogens with one attached hydrogen (secondary N) is 2. The molecule has 3 rings (SSSR count). The molecule has 8 nitrogen and oxygen atoms in total. The van der Waals surface area contributed by atoms with Gasteiger partial charge in [0.15, 0.2) is 0 Å². The van der Waals surface area contributed by atoms with Crippen LogP contribution in [0.15, 0.2) is 58.3 Å². The van der Waals surface area contributed by atoms with Gasteiger partial charge in [-0.3, -0.25) is 4.79 Å². The lowest BCUT2D eigenvalue weighted by molar-refractivity contribution is -0.116. The Labute approximate surface area is 190 Å². The summed E-state index contributed by atoms with van der Waals surface area (Å²) in [6.07, 6.45) is 1.82. The van der Waals surface area contributed by atoms with E-state index in [9.17, 15) is 21.6 Å². The van der Waals surface area contributed by atoms with Crippen LogP contribution in [0.4, 0.5) is 5.69 Å². The van der Waals surface area contributed by atoms with E-state index in [-0.39, 0.29) is 28.7 Å². The Morgan fingerprint density at radius 2 is 1.62 bits per heavy atom. The highest BCUT2D eigenvalue weighted by Crippen LogP contribution is 2.24. The van der Waals surface area contributed by atoms with Crippen LogP contribution >= 0.6 is 0 Å². The van der Waals surface area contributed by atoms with Gasteiger partial charge in [0.05, 0.1) is 9.79 Å². The zero-order chi connectivity index (χ0) is 23.4. The van der Waals surface area contributed by atoms with Crippen molar-refractivity contribution < 1.29 is 21.6 Å². The molecule has 32 heavy (non-hydrogen) atoms. The average Bonchev–Trinajstić information content (AvgIpc) is 2.74. The molecule has 0 radical (unpaired) electrons. The molecule has 1 atom stereocenters. The molecule has 0 bridgehead atoms. The summed E-state index contributed by atoms with van der Waals surface area (Å²) in [5.74, 6) is -0.0439. The van der Waals surface area contributed by atoms with E-state index in [0.29, 0.717) is 24.7 Å². The van der Waals surface area contributed by atoms with Crippen LogP contribution in [0.2, 0.25) is 0 Å². The molecule has 2 aromatic carbocycles. The lowest BCUT2D eigenvalue weighted by Gasteiger charge is -2.30. The van der Waals surface area contributed by atoms with Crippen LogP contribution < -0.4 is 10.0 Å². The molecule has 1 fully saturated rings. The molecule has 2 N–H and O–H groups in total. The smallest absolute Gasteiger partial charge is 0.243 e. The summed E-state index contributed by atoms with van der Waals surface area (Å²) in [4.78, 5) is 12.5. The Morgan fingerprint density at radius 3 is 2.25 bits per heavy atom. The summed E-state index contributed by atoms with van der Waals surface area (Å²) >= 11 is 0. The van der Waals surface area contributed by atoms with Crippen molar-refractivity contribution in [3.05, 3.63) is 54.1 Å². The zero-order valence-electron chi connectivity index (χ0n) is 18.2. The fourth-order valence-electron chi connectivity index (χ4n) is 3.55. The maximum Gasteiger partial charge on any atom is 0.243 e. The maximum atomic E-state index is 12.8. The number of carbonyl (C=O) groups is 1. The van der Waals surface area contributed by atoms with Crippen molar-refractivity contribution in [1.82, 2.24) is 9.03 Å². The lowest BCUT2D eigenvalue weighted by Crippen LogP contribution is -2.39. The summed E-state index contributed by atoms with van der Waals surface area (Å²) in [6, 6.07) is 12.5. The highest BCUT2D eigenvalue weighted by molar-refractivity contribution is 7.89. The third-order valence-corrected chi connectivity index (χ3v) is 8.73. The number of carbonyl (C=O) groups excluding carboxylic acids is 1. The predicted molar refractivity (Wildman–Crippen MR) is 123 cm³/mol. The summed E-state index contributed by atoms with van der Waals surface area (Å²) in [5, 5.41) is 2.66. The van der Waals surface area contributed by atoms with E-state index in [1.54, 1.807) is 12.1 Å². The van der Waals surface area contributed by atoms with Crippen molar-refractivity contribution >= 4 is 31.6 Å². The van der Waals surface area contributed by atoms with Gasteiger partial charge >= 0.3 is 0 Å². The minimum Gasteiger partial charge on any atom is -0.326 e. The lowest BCUT2D eigenvalue weighted by atomic mass is 10.0. The third-order valence-electron chi connectivity index (χ3n) is 5.37. The van der Waals surface area contributed by atoms with Gasteiger partial charge < -0.3 is 5.32 Å². The first kappa shape index (κ1) is 24.4. The van der Waals surface area contributed by atoms with Crippen molar-refractivity contribution in [3.8, 4) is 0 Å². The fourth-order valence-corrected chi connectivity index (χ4v) is 6.18. The largest absolute Gasteiger partial charge is 0.326 e. The highest BCUT2D eigenvalue weighted by Gasteiger charge is 2.28. The molecule has 1 amide bonds. The second kappa shape index (κ2) is 10.1. The summed E-state index contributed by atoms with van der Waals surface area (Å²) in [6.45, 7) is 4.88. The van der Waals surface area contributed by atoms with Gasteiger partial charge in [0.2, 0.25) is 26.0 Å². The minimum absolute atomic E-state index is 0.0539. The number of piperidine rings is 1. The van der Waals surface area contributed by atoms with Crippen molar-refractivity contribution in [2.24, 2.45) is 5.92 Å². The van der Waals surface area contributed by atoms with Gasteiger partial charge in [-0.25, -0.2) is 21.6 Å². The number of anilines is 1. The number of aryl methyl sites for hydroxylation is 1. The van der Waals surface area contributed by atoms with Crippen LogP contribution in [0.5, 0.6) is 0 Å². The van der Waals surface area contributed by atoms with E-state index < -0.39 is 20.0 Å². The number of hydrogen-bond acceptors (Lipinski definition) is 5. The maximum absolute atomic E-state index is 12.8. The molecule has 174 valence electrons. The van der Waals surface area contributed by atoms with Gasteiger partial charge in [0.25, 0.3) is 0 Å². The van der Waals surface area contributed by atoms with Crippen LogP contribution in [-0.4, -0.2) is 46.7 Å². The zero-order valence-corrected chi connectivity index (χ0v) is 19.9. The van der Waals surface area contributed by atoms with E-state index in [4.69, 9.17) is 0 Å². The molecule has 1 saturated heterocycles. The van der Waals surface area contributed by atoms with Crippen LogP contribution in [0.1, 0.15) is 31.7 Å². The summed E-state index contributed by atoms with van der Waals surface area (Å²) in [7, 11) is -7.24. The van der Waals surface area contributed by atoms with Gasteiger partial charge in [-0.2, -0.15) is 4.31 Å². The Hall–Kier alpha value is -2.27. The first-order valence-electron chi connectivity index (χ1n) is 10.5. The highest BCUT2D eigenvalue weighted by atomic mass is 32.2. The van der Waals surface area contributed by atoms with Gasteiger partial charge in [-0.1, -0.05) is 24.6 Å². The Bertz CT molecular complexity index is 1150. The molecule has 0 saturated carbocycles. The number of hydrogen-bond donors (Lipinski definition) is 2. The molecule has 1 aliphatic heterocycles. The SMILES string of the molecule is Cc1ccc(S(=O)(=O)NCCC(=O)Nc2ccc(S(=O)(=O)N3CCCC(C)C3)cc2)cc1. The second-order valence-corrected chi connectivity index (χ2v) is 11.8. The third kappa shape index (κ3) is 6.16. The van der Waals surface area contributed by atoms with Gasteiger partial charge in [-0.15, -0.1) is 0 Å². The monoisotopic (exact) mass is 479 g/mol. The molecule has 0 aliphatic carbocycles.